The molecule has 15 heteroatoms. The minimum atomic E-state index is -4.13. The van der Waals surface area contributed by atoms with Crippen LogP contribution in [0.2, 0.25) is 0 Å². The predicted octanol–water partition coefficient (Wildman–Crippen LogP) is 4.10. The van der Waals surface area contributed by atoms with Gasteiger partial charge in [-0.3, -0.25) is 19.1 Å². The molecule has 0 radical (unpaired) electrons. The molecule has 2 aromatic heterocycles. The van der Waals surface area contributed by atoms with E-state index in [9.17, 15) is 27.6 Å². The molecule has 2 aliphatic heterocycles. The van der Waals surface area contributed by atoms with Crippen LogP contribution < -0.4 is 20.1 Å². The largest absolute Gasteiger partial charge is 0.488 e. The van der Waals surface area contributed by atoms with Crippen molar-refractivity contribution in [3.05, 3.63) is 78.6 Å². The summed E-state index contributed by atoms with van der Waals surface area (Å²) in [5.74, 6) is -1.89. The second kappa shape index (κ2) is 14.9. The number of nitrogens with zero attached hydrogens (tertiary/aromatic N) is 3. The van der Waals surface area contributed by atoms with Crippen LogP contribution in [0.15, 0.2) is 73.1 Å². The van der Waals surface area contributed by atoms with Gasteiger partial charge in [-0.25, -0.2) is 23.2 Å². The molecule has 7 rings (SSSR count). The van der Waals surface area contributed by atoms with Gasteiger partial charge in [-0.1, -0.05) is 48.9 Å². The predicted molar refractivity (Wildman–Crippen MR) is 203 cm³/mol. The molecule has 1 aromatic carbocycles. The molecule has 3 aromatic rings. The number of allylic oxidation sites excluding steroid dienone is 1. The minimum Gasteiger partial charge on any atom is -0.488 e. The Morgan fingerprint density at radius 2 is 1.78 bits per heavy atom. The van der Waals surface area contributed by atoms with Gasteiger partial charge in [0.25, 0.3) is 5.91 Å². The SMILES string of the molecule is CC(C)(C)OC(=O)N[C@H]1CCCC/C=C\[C@@H]2C[C@@]2(C(=O)NS(=O)(=O)C2(Cc3ccccc3)CC2)NC(=O)[C@@H]2C[C@@H](Oc3ccnc4ncccc34)CN2C1=O. The van der Waals surface area contributed by atoms with E-state index >= 15 is 0 Å². The monoisotopic (exact) mass is 772 g/mol. The van der Waals surface area contributed by atoms with Gasteiger partial charge < -0.3 is 25.0 Å². The van der Waals surface area contributed by atoms with Crippen molar-refractivity contribution in [2.24, 2.45) is 5.92 Å². The van der Waals surface area contributed by atoms with Crippen molar-refractivity contribution in [2.45, 2.75) is 113 Å². The molecule has 55 heavy (non-hydrogen) atoms. The normalized spacial score (nSPS) is 27.1. The van der Waals surface area contributed by atoms with Crippen LogP contribution in [0.25, 0.3) is 11.0 Å². The highest BCUT2D eigenvalue weighted by Crippen LogP contribution is 2.49. The Morgan fingerprint density at radius 3 is 2.53 bits per heavy atom. The van der Waals surface area contributed by atoms with Gasteiger partial charge in [0, 0.05) is 24.7 Å². The molecule has 0 spiro atoms. The highest BCUT2D eigenvalue weighted by molar-refractivity contribution is 7.91. The first kappa shape index (κ1) is 38.2. The molecule has 292 valence electrons. The van der Waals surface area contributed by atoms with Crippen LogP contribution in [0, 0.1) is 5.92 Å². The van der Waals surface area contributed by atoms with Crippen LogP contribution in [0.4, 0.5) is 4.79 Å². The maximum atomic E-state index is 14.5. The van der Waals surface area contributed by atoms with Crippen molar-refractivity contribution >= 4 is 44.9 Å². The number of ether oxygens (including phenoxy) is 2. The van der Waals surface area contributed by atoms with Gasteiger partial charge in [0.1, 0.15) is 35.1 Å². The fourth-order valence-corrected chi connectivity index (χ4v) is 9.29. The number of amides is 4. The lowest BCUT2D eigenvalue weighted by Crippen LogP contribution is -2.59. The number of alkyl carbamates (subject to hydrolysis) is 1. The van der Waals surface area contributed by atoms with Gasteiger partial charge in [-0.2, -0.15) is 0 Å². The molecule has 3 fully saturated rings. The lowest BCUT2D eigenvalue weighted by atomic mass is 10.0. The van der Waals surface area contributed by atoms with Crippen molar-refractivity contribution in [3.8, 4) is 5.75 Å². The van der Waals surface area contributed by atoms with Crippen LogP contribution in [0.5, 0.6) is 5.75 Å². The standard InChI is InChI=1S/C40H48N6O8S/c1-38(2,3)54-37(50)43-30-16-10-5-4-9-14-27-24-40(27,36(49)45-55(51,52)39(18-19-39)23-26-12-7-6-8-13-26)44-34(47)31-22-28(25-46(31)35(30)48)53-32-17-21-42-33-29(32)15-11-20-41-33/h6-9,11-15,17,20-21,27-28,30-31H,4-5,10,16,18-19,22-25H2,1-3H3,(H,43,50)(H,44,47)(H,45,49)/b14-9-/t27-,28-,30+,31+,40-/m1/s1. The summed E-state index contributed by atoms with van der Waals surface area (Å²) in [5, 5.41) is 6.30. The Hall–Kier alpha value is -5.05. The van der Waals surface area contributed by atoms with E-state index in [0.717, 1.165) is 5.56 Å². The molecule has 4 aliphatic rings. The molecule has 14 nitrogen and oxygen atoms in total. The molecular weight excluding hydrogens is 725 g/mol. The second-order valence-electron chi connectivity index (χ2n) is 16.1. The minimum absolute atomic E-state index is 0.00636. The topological polar surface area (TPSA) is 186 Å². The van der Waals surface area contributed by atoms with Crippen molar-refractivity contribution < 1.29 is 37.1 Å². The summed E-state index contributed by atoms with van der Waals surface area (Å²) in [7, 11) is -4.13. The first-order chi connectivity index (χ1) is 26.2. The summed E-state index contributed by atoms with van der Waals surface area (Å²) in [6.07, 6.45) is 9.09. The van der Waals surface area contributed by atoms with E-state index in [4.69, 9.17) is 9.47 Å². The van der Waals surface area contributed by atoms with Crippen LogP contribution >= 0.6 is 0 Å². The Balaban J connectivity index is 1.16. The zero-order chi connectivity index (χ0) is 39.0. The molecule has 4 amide bonds. The summed E-state index contributed by atoms with van der Waals surface area (Å²) in [5.41, 5.74) is -1.02. The van der Waals surface area contributed by atoms with Gasteiger partial charge in [-0.15, -0.1) is 0 Å². The number of pyridine rings is 2. The summed E-state index contributed by atoms with van der Waals surface area (Å²) < 4.78 is 40.8. The number of aromatic nitrogens is 2. The Morgan fingerprint density at radius 1 is 1.02 bits per heavy atom. The first-order valence-electron chi connectivity index (χ1n) is 18.9. The van der Waals surface area contributed by atoms with Gasteiger partial charge in [0.15, 0.2) is 5.65 Å². The van der Waals surface area contributed by atoms with Gasteiger partial charge in [0.2, 0.25) is 21.8 Å². The molecule has 0 unspecified atom stereocenters. The van der Waals surface area contributed by atoms with Crippen LogP contribution in [0.1, 0.15) is 77.7 Å². The average Bonchev–Trinajstić information content (AvgIpc) is 4.03. The number of carbonyl (C=O) groups is 4. The molecule has 2 saturated carbocycles. The molecule has 4 heterocycles. The van der Waals surface area contributed by atoms with Crippen molar-refractivity contribution in [1.29, 1.82) is 0 Å². The quantitative estimate of drug-likeness (QED) is 0.282. The lowest BCUT2D eigenvalue weighted by molar-refractivity contribution is -0.141. The summed E-state index contributed by atoms with van der Waals surface area (Å²) >= 11 is 0. The molecule has 1 saturated heterocycles. The number of hydrogen-bond donors (Lipinski definition) is 3. The fourth-order valence-electron chi connectivity index (χ4n) is 7.65. The number of hydrogen-bond acceptors (Lipinski definition) is 10. The highest BCUT2D eigenvalue weighted by atomic mass is 32.2. The second-order valence-corrected chi connectivity index (χ2v) is 18.2. The molecule has 5 atom stereocenters. The maximum Gasteiger partial charge on any atom is 0.408 e. The third-order valence-electron chi connectivity index (χ3n) is 10.8. The highest BCUT2D eigenvalue weighted by Gasteiger charge is 2.64. The zero-order valence-corrected chi connectivity index (χ0v) is 32.1. The van der Waals surface area contributed by atoms with E-state index in [1.54, 1.807) is 45.3 Å². The van der Waals surface area contributed by atoms with Crippen molar-refractivity contribution in [1.82, 2.24) is 30.2 Å². The van der Waals surface area contributed by atoms with Gasteiger partial charge in [-0.05, 0) is 89.5 Å². The Kier molecular flexibility index (Phi) is 10.3. The Labute approximate surface area is 320 Å². The maximum absolute atomic E-state index is 14.5. The van der Waals surface area contributed by atoms with E-state index in [1.807, 2.05) is 48.6 Å². The van der Waals surface area contributed by atoms with Crippen LogP contribution in [-0.4, -0.2) is 87.7 Å². The Bertz CT molecular complexity index is 2100. The summed E-state index contributed by atoms with van der Waals surface area (Å²) in [6, 6.07) is 12.4. The van der Waals surface area contributed by atoms with Crippen molar-refractivity contribution in [2.75, 3.05) is 6.54 Å². The number of benzene rings is 1. The average molecular weight is 773 g/mol. The smallest absolute Gasteiger partial charge is 0.408 e. The number of carbonyl (C=O) groups excluding carboxylic acids is 4. The van der Waals surface area contributed by atoms with Crippen molar-refractivity contribution in [3.63, 3.8) is 0 Å². The molecular formula is C40H48N6O8S. The summed E-state index contributed by atoms with van der Waals surface area (Å²) in [4.78, 5) is 66.0. The summed E-state index contributed by atoms with van der Waals surface area (Å²) in [6.45, 7) is 5.19. The van der Waals surface area contributed by atoms with E-state index in [0.29, 0.717) is 55.3 Å². The van der Waals surface area contributed by atoms with E-state index < -0.39 is 73.8 Å². The number of fused-ring (bicyclic) bond motifs is 3. The van der Waals surface area contributed by atoms with Gasteiger partial charge in [0.05, 0.1) is 16.7 Å². The third kappa shape index (κ3) is 8.31. The molecule has 2 aliphatic carbocycles. The first-order valence-corrected chi connectivity index (χ1v) is 20.4. The molecule has 3 N–H and O–H groups in total. The number of rotatable bonds is 8. The molecule has 0 bridgehead atoms. The van der Waals surface area contributed by atoms with Crippen LogP contribution in [-0.2, 0) is 35.6 Å². The fraction of sp³-hybridized carbons (Fsp3) is 0.500. The third-order valence-corrected chi connectivity index (χ3v) is 13.0. The number of nitrogens with one attached hydrogen (secondary N) is 3. The van der Waals surface area contributed by atoms with Crippen LogP contribution in [0.3, 0.4) is 0 Å². The van der Waals surface area contributed by atoms with E-state index in [2.05, 4.69) is 25.3 Å². The van der Waals surface area contributed by atoms with E-state index in [1.165, 1.54) is 4.90 Å². The lowest BCUT2D eigenvalue weighted by Gasteiger charge is -2.30. The number of sulfonamides is 1. The zero-order valence-electron chi connectivity index (χ0n) is 31.3. The van der Waals surface area contributed by atoms with Gasteiger partial charge >= 0.3 is 6.09 Å². The van der Waals surface area contributed by atoms with E-state index in [-0.39, 0.29) is 25.8 Å².